The number of hydrogen-bond donors (Lipinski definition) is 1. The van der Waals surface area contributed by atoms with E-state index in [0.29, 0.717) is 17.2 Å². The molecule has 0 amide bonds. The van der Waals surface area contributed by atoms with Gasteiger partial charge in [0.25, 0.3) is 0 Å². The fourth-order valence-corrected chi connectivity index (χ4v) is 1.96. The maximum absolute atomic E-state index is 5.38. The molecule has 5 nitrogen and oxygen atoms in total. The molecule has 0 aromatic heterocycles. The lowest BCUT2D eigenvalue weighted by atomic mass is 10.2. The number of anilines is 2. The minimum atomic E-state index is 0.620. The van der Waals surface area contributed by atoms with E-state index in [2.05, 4.69) is 5.32 Å². The molecule has 0 unspecified atom stereocenters. The number of methoxy groups -OCH3 is 4. The molecule has 0 aliphatic carbocycles. The van der Waals surface area contributed by atoms with Gasteiger partial charge in [0, 0.05) is 17.8 Å². The smallest absolute Gasteiger partial charge is 0.164 e. The highest BCUT2D eigenvalue weighted by molar-refractivity contribution is 5.71. The van der Waals surface area contributed by atoms with Gasteiger partial charge in [-0.25, -0.2) is 0 Å². The normalized spacial score (nSPS) is 9.90. The average molecular weight is 289 g/mol. The van der Waals surface area contributed by atoms with Crippen molar-refractivity contribution < 1.29 is 18.9 Å². The summed E-state index contributed by atoms with van der Waals surface area (Å²) in [5.41, 5.74) is 1.71. The van der Waals surface area contributed by atoms with Gasteiger partial charge in [-0.05, 0) is 24.3 Å². The summed E-state index contributed by atoms with van der Waals surface area (Å²) >= 11 is 0. The second kappa shape index (κ2) is 6.74. The van der Waals surface area contributed by atoms with Crippen molar-refractivity contribution in [3.05, 3.63) is 36.4 Å². The number of benzene rings is 2. The van der Waals surface area contributed by atoms with Crippen molar-refractivity contribution in [1.29, 1.82) is 0 Å². The Hall–Kier alpha value is -2.56. The van der Waals surface area contributed by atoms with Crippen LogP contribution in [0.3, 0.4) is 0 Å². The lowest BCUT2D eigenvalue weighted by Crippen LogP contribution is -1.98. The molecule has 0 fully saturated rings. The van der Waals surface area contributed by atoms with Gasteiger partial charge in [-0.1, -0.05) is 0 Å². The minimum absolute atomic E-state index is 0.620. The predicted octanol–water partition coefficient (Wildman–Crippen LogP) is 3.46. The van der Waals surface area contributed by atoms with Gasteiger partial charge < -0.3 is 24.3 Å². The first-order valence-electron chi connectivity index (χ1n) is 6.43. The van der Waals surface area contributed by atoms with Crippen LogP contribution in [0.25, 0.3) is 0 Å². The molecule has 0 spiro atoms. The lowest BCUT2D eigenvalue weighted by Gasteiger charge is -2.15. The summed E-state index contributed by atoms with van der Waals surface area (Å²) in [5.74, 6) is 2.73. The summed E-state index contributed by atoms with van der Waals surface area (Å²) in [5, 5.41) is 3.28. The molecule has 0 aliphatic heterocycles. The summed E-state index contributed by atoms with van der Waals surface area (Å²) in [4.78, 5) is 0. The Kier molecular flexibility index (Phi) is 4.77. The molecular formula is C16H19NO4. The maximum atomic E-state index is 5.38. The molecular weight excluding hydrogens is 270 g/mol. The maximum Gasteiger partial charge on any atom is 0.164 e. The number of ether oxygens (including phenoxy) is 4. The van der Waals surface area contributed by atoms with E-state index in [1.807, 2.05) is 30.3 Å². The van der Waals surface area contributed by atoms with Crippen LogP contribution in [0.2, 0.25) is 0 Å². The van der Waals surface area contributed by atoms with Gasteiger partial charge in [-0.15, -0.1) is 0 Å². The number of rotatable bonds is 6. The highest BCUT2D eigenvalue weighted by atomic mass is 16.5. The van der Waals surface area contributed by atoms with Gasteiger partial charge in [-0.2, -0.15) is 0 Å². The highest BCUT2D eigenvalue weighted by Crippen LogP contribution is 2.39. The molecule has 112 valence electrons. The quantitative estimate of drug-likeness (QED) is 0.882. The predicted molar refractivity (Wildman–Crippen MR) is 82.4 cm³/mol. The van der Waals surface area contributed by atoms with E-state index < -0.39 is 0 Å². The second-order valence-electron chi connectivity index (χ2n) is 4.26. The van der Waals surface area contributed by atoms with Crippen molar-refractivity contribution in [2.24, 2.45) is 0 Å². The molecule has 0 atom stereocenters. The molecule has 2 aromatic rings. The Morgan fingerprint density at radius 2 is 1.24 bits per heavy atom. The summed E-state index contributed by atoms with van der Waals surface area (Å²) in [6.45, 7) is 0. The van der Waals surface area contributed by atoms with Gasteiger partial charge in [0.15, 0.2) is 11.5 Å². The van der Waals surface area contributed by atoms with Gasteiger partial charge in [0.2, 0.25) is 0 Å². The Bertz CT molecular complexity index is 596. The standard InChI is InChI=1S/C16H19NO4/c1-18-12-7-5-11(6-8-12)17-13-9-15(20-3)16(21-4)10-14(13)19-2/h5-10,17H,1-4H3. The van der Waals surface area contributed by atoms with Gasteiger partial charge in [0.05, 0.1) is 34.1 Å². The molecule has 0 saturated heterocycles. The number of nitrogens with one attached hydrogen (secondary N) is 1. The van der Waals surface area contributed by atoms with E-state index in [4.69, 9.17) is 18.9 Å². The largest absolute Gasteiger partial charge is 0.497 e. The highest BCUT2D eigenvalue weighted by Gasteiger charge is 2.12. The molecule has 0 radical (unpaired) electrons. The topological polar surface area (TPSA) is 49.0 Å². The van der Waals surface area contributed by atoms with E-state index >= 15 is 0 Å². The zero-order valence-corrected chi connectivity index (χ0v) is 12.6. The molecule has 0 aliphatic rings. The van der Waals surface area contributed by atoms with E-state index in [0.717, 1.165) is 17.1 Å². The van der Waals surface area contributed by atoms with Crippen LogP contribution in [0, 0.1) is 0 Å². The van der Waals surface area contributed by atoms with Crippen LogP contribution in [-0.2, 0) is 0 Å². The fourth-order valence-electron chi connectivity index (χ4n) is 1.96. The summed E-state index contributed by atoms with van der Waals surface area (Å²) < 4.78 is 21.1. The molecule has 0 saturated carbocycles. The Morgan fingerprint density at radius 3 is 1.76 bits per heavy atom. The van der Waals surface area contributed by atoms with E-state index in [9.17, 15) is 0 Å². The molecule has 5 heteroatoms. The van der Waals surface area contributed by atoms with Crippen molar-refractivity contribution in [1.82, 2.24) is 0 Å². The summed E-state index contributed by atoms with van der Waals surface area (Å²) in [7, 11) is 6.44. The van der Waals surface area contributed by atoms with Crippen molar-refractivity contribution >= 4 is 11.4 Å². The lowest BCUT2D eigenvalue weighted by molar-refractivity contribution is 0.349. The molecule has 0 bridgehead atoms. The van der Waals surface area contributed by atoms with Crippen LogP contribution < -0.4 is 24.3 Å². The average Bonchev–Trinajstić information content (AvgIpc) is 2.55. The zero-order chi connectivity index (χ0) is 15.2. The summed E-state index contributed by atoms with van der Waals surface area (Å²) in [6.07, 6.45) is 0. The zero-order valence-electron chi connectivity index (χ0n) is 12.6. The number of hydrogen-bond acceptors (Lipinski definition) is 5. The van der Waals surface area contributed by atoms with Crippen molar-refractivity contribution in [2.45, 2.75) is 0 Å². The van der Waals surface area contributed by atoms with E-state index in [-0.39, 0.29) is 0 Å². The SMILES string of the molecule is COc1ccc(Nc2cc(OC)c(OC)cc2OC)cc1. The minimum Gasteiger partial charge on any atom is -0.497 e. The first kappa shape index (κ1) is 14.8. The van der Waals surface area contributed by atoms with Crippen molar-refractivity contribution in [3.63, 3.8) is 0 Å². The van der Waals surface area contributed by atoms with Gasteiger partial charge in [0.1, 0.15) is 11.5 Å². The van der Waals surface area contributed by atoms with Crippen LogP contribution in [0.15, 0.2) is 36.4 Å². The molecule has 1 N–H and O–H groups in total. The third-order valence-electron chi connectivity index (χ3n) is 3.07. The van der Waals surface area contributed by atoms with Gasteiger partial charge >= 0.3 is 0 Å². The van der Waals surface area contributed by atoms with Crippen molar-refractivity contribution in [3.8, 4) is 23.0 Å². The first-order chi connectivity index (χ1) is 10.2. The fraction of sp³-hybridized carbons (Fsp3) is 0.250. The van der Waals surface area contributed by atoms with Gasteiger partial charge in [-0.3, -0.25) is 0 Å². The Balaban J connectivity index is 2.32. The molecule has 2 aromatic carbocycles. The van der Waals surface area contributed by atoms with E-state index in [1.54, 1.807) is 34.5 Å². The third kappa shape index (κ3) is 3.31. The van der Waals surface area contributed by atoms with Crippen LogP contribution >= 0.6 is 0 Å². The molecule has 2 rings (SSSR count). The Morgan fingerprint density at radius 1 is 0.667 bits per heavy atom. The molecule has 0 heterocycles. The third-order valence-corrected chi connectivity index (χ3v) is 3.07. The van der Waals surface area contributed by atoms with Crippen molar-refractivity contribution in [2.75, 3.05) is 33.8 Å². The summed E-state index contributed by atoms with van der Waals surface area (Å²) in [6, 6.07) is 11.2. The monoisotopic (exact) mass is 289 g/mol. The van der Waals surface area contributed by atoms with Crippen LogP contribution in [0.1, 0.15) is 0 Å². The Labute approximate surface area is 124 Å². The van der Waals surface area contributed by atoms with E-state index in [1.165, 1.54) is 0 Å². The first-order valence-corrected chi connectivity index (χ1v) is 6.43. The molecule has 21 heavy (non-hydrogen) atoms. The van der Waals surface area contributed by atoms with Crippen LogP contribution in [0.5, 0.6) is 23.0 Å². The van der Waals surface area contributed by atoms with Crippen LogP contribution in [0.4, 0.5) is 11.4 Å². The van der Waals surface area contributed by atoms with Crippen LogP contribution in [-0.4, -0.2) is 28.4 Å². The second-order valence-corrected chi connectivity index (χ2v) is 4.26.